The van der Waals surface area contributed by atoms with Crippen LogP contribution in [0, 0.1) is 0 Å². The second-order valence-electron chi connectivity index (χ2n) is 1.53. The average molecular weight is 119 g/mol. The number of nitrogens with zero attached hydrogens (tertiary/aromatic N) is 1. The van der Waals surface area contributed by atoms with Crippen molar-refractivity contribution in [1.82, 2.24) is 5.32 Å². The minimum atomic E-state index is -1.24. The minimum Gasteiger partial charge on any atom is -0.352 e. The molecule has 0 radical (unpaired) electrons. The van der Waals surface area contributed by atoms with Gasteiger partial charge in [-0.3, -0.25) is 0 Å². The van der Waals surface area contributed by atoms with Crippen LogP contribution in [0.4, 0.5) is 0 Å². The van der Waals surface area contributed by atoms with Gasteiger partial charge in [0.15, 0.2) is 0 Å². The Balaban J connectivity index is 2.59. The smallest absolute Gasteiger partial charge is 0.301 e. The van der Waals surface area contributed by atoms with Crippen LogP contribution < -0.4 is 5.32 Å². The molecule has 4 N–H and O–H groups in total. The molecule has 0 amide bonds. The van der Waals surface area contributed by atoms with Gasteiger partial charge in [-0.15, -0.1) is 0 Å². The predicted molar refractivity (Wildman–Crippen MR) is 23.3 cm³/mol. The lowest BCUT2D eigenvalue weighted by Crippen LogP contribution is -2.34. The first-order valence-electron chi connectivity index (χ1n) is 2.14. The van der Waals surface area contributed by atoms with Gasteiger partial charge in [0.2, 0.25) is 0 Å². The van der Waals surface area contributed by atoms with Gasteiger partial charge in [0, 0.05) is 0 Å². The number of rotatable bonds is 0. The maximum absolute atomic E-state index is 8.60. The van der Waals surface area contributed by atoms with Crippen LogP contribution in [-0.4, -0.2) is 39.0 Å². The molecule has 2 unspecified atom stereocenters. The van der Waals surface area contributed by atoms with Crippen molar-refractivity contribution < 1.29 is 20.2 Å². The fourth-order valence-electron chi connectivity index (χ4n) is 0.460. The van der Waals surface area contributed by atoms with Crippen molar-refractivity contribution in [3.8, 4) is 0 Å². The van der Waals surface area contributed by atoms with Crippen molar-refractivity contribution in [2.24, 2.45) is 0 Å². The molecular weight excluding hydrogens is 112 g/mol. The van der Waals surface area contributed by atoms with Crippen LogP contribution in [0.1, 0.15) is 0 Å². The number of nitrogens with one attached hydrogen (secondary N) is 1. The monoisotopic (exact) mass is 119 g/mol. The van der Waals surface area contributed by atoms with E-state index >= 15 is 0 Å². The molecule has 0 aromatic heterocycles. The zero-order chi connectivity index (χ0) is 6.15. The van der Waals surface area contributed by atoms with E-state index in [0.717, 1.165) is 6.34 Å². The number of hydrogen-bond acceptors (Lipinski definition) is 4. The highest BCUT2D eigenvalue weighted by molar-refractivity contribution is 5.49. The van der Waals surface area contributed by atoms with E-state index in [1.165, 1.54) is 0 Å². The Bertz CT molecular complexity index is 124. The number of aliphatic hydroxyl groups excluding tert-OH is 2. The molecule has 0 saturated heterocycles. The Hall–Kier alpha value is -0.810. The molecule has 0 bridgehead atoms. The lowest BCUT2D eigenvalue weighted by molar-refractivity contribution is -0.818. The molecule has 1 heterocycles. The molecule has 8 heavy (non-hydrogen) atoms. The lowest BCUT2D eigenvalue weighted by atomic mass is 10.5. The van der Waals surface area contributed by atoms with Crippen LogP contribution in [0.15, 0.2) is 0 Å². The van der Waals surface area contributed by atoms with E-state index < -0.39 is 12.5 Å². The third-order valence-corrected chi connectivity index (χ3v) is 0.931. The van der Waals surface area contributed by atoms with Crippen molar-refractivity contribution in [3.63, 3.8) is 0 Å². The van der Waals surface area contributed by atoms with Crippen molar-refractivity contribution >= 4 is 6.34 Å². The number of aliphatic hydroxyl groups is 2. The summed E-state index contributed by atoms with van der Waals surface area (Å²) in [6.07, 6.45) is -1.25. The van der Waals surface area contributed by atoms with Gasteiger partial charge in [0.1, 0.15) is 0 Å². The molecule has 0 fully saturated rings. The zero-order valence-electron chi connectivity index (χ0n) is 4.02. The molecule has 0 saturated carbocycles. The van der Waals surface area contributed by atoms with Crippen molar-refractivity contribution in [1.29, 1.82) is 0 Å². The maximum atomic E-state index is 8.60. The summed E-state index contributed by atoms with van der Waals surface area (Å²) in [5.41, 5.74) is 0. The van der Waals surface area contributed by atoms with E-state index in [4.69, 9.17) is 15.4 Å². The summed E-state index contributed by atoms with van der Waals surface area (Å²) in [6, 6.07) is 0. The van der Waals surface area contributed by atoms with Crippen molar-refractivity contribution in [3.05, 3.63) is 0 Å². The average Bonchev–Trinajstić information content (AvgIpc) is 1.98. The Morgan fingerprint density at radius 1 is 1.50 bits per heavy atom. The second-order valence-corrected chi connectivity index (χ2v) is 1.53. The molecule has 0 aromatic carbocycles. The van der Waals surface area contributed by atoms with Gasteiger partial charge in [-0.25, -0.2) is 5.32 Å². The van der Waals surface area contributed by atoms with Gasteiger partial charge < -0.3 is 15.4 Å². The Kier molecular flexibility index (Phi) is 1.07. The molecular formula is C3H7N2O3+. The first-order chi connectivity index (χ1) is 3.72. The summed E-state index contributed by atoms with van der Waals surface area (Å²) in [5.74, 6) is 0. The molecule has 0 aliphatic carbocycles. The lowest BCUT2D eigenvalue weighted by Gasteiger charge is -1.99. The van der Waals surface area contributed by atoms with E-state index in [-0.39, 0.29) is 0 Å². The normalized spacial score (nSPS) is 36.5. The van der Waals surface area contributed by atoms with Gasteiger partial charge in [-0.2, -0.15) is 0 Å². The quantitative estimate of drug-likeness (QED) is 0.213. The first kappa shape index (κ1) is 5.33. The Morgan fingerprint density at radius 3 is 2.25 bits per heavy atom. The first-order valence-corrected chi connectivity index (χ1v) is 2.14. The zero-order valence-corrected chi connectivity index (χ0v) is 4.02. The Morgan fingerprint density at radius 2 is 2.12 bits per heavy atom. The van der Waals surface area contributed by atoms with Crippen LogP contribution in [0.2, 0.25) is 0 Å². The third-order valence-electron chi connectivity index (χ3n) is 0.931. The van der Waals surface area contributed by atoms with E-state index in [1.54, 1.807) is 0 Å². The summed E-state index contributed by atoms with van der Waals surface area (Å²) >= 11 is 0. The standard InChI is InChI=1S/C3H6N2O3/c6-2-3(7)5(8)1-4-2/h1-3,6-8H/p+1. The summed E-state index contributed by atoms with van der Waals surface area (Å²) in [5, 5.41) is 27.9. The fraction of sp³-hybridized carbons (Fsp3) is 0.667. The van der Waals surface area contributed by atoms with Gasteiger partial charge in [-0.1, -0.05) is 4.74 Å². The largest absolute Gasteiger partial charge is 0.352 e. The van der Waals surface area contributed by atoms with Gasteiger partial charge in [0.05, 0.1) is 0 Å². The molecule has 5 nitrogen and oxygen atoms in total. The highest BCUT2D eigenvalue weighted by Gasteiger charge is 2.31. The van der Waals surface area contributed by atoms with Crippen LogP contribution in [0.25, 0.3) is 0 Å². The molecule has 0 spiro atoms. The summed E-state index contributed by atoms with van der Waals surface area (Å²) in [6.45, 7) is 0. The molecule has 0 aromatic rings. The molecule has 2 atom stereocenters. The minimum absolute atomic E-state index is 0.491. The van der Waals surface area contributed by atoms with Gasteiger partial charge in [0.25, 0.3) is 12.6 Å². The fourth-order valence-corrected chi connectivity index (χ4v) is 0.460. The number of hydrogen-bond donors (Lipinski definition) is 4. The van der Waals surface area contributed by atoms with Crippen molar-refractivity contribution in [2.45, 2.75) is 12.5 Å². The highest BCUT2D eigenvalue weighted by atomic mass is 16.5. The number of hydroxylamine groups is 1. The molecule has 1 aliphatic heterocycles. The van der Waals surface area contributed by atoms with Crippen LogP contribution in [0.3, 0.4) is 0 Å². The highest BCUT2D eigenvalue weighted by Crippen LogP contribution is 1.92. The third kappa shape index (κ3) is 0.613. The topological polar surface area (TPSA) is 75.7 Å². The molecule has 1 rings (SSSR count). The van der Waals surface area contributed by atoms with E-state index in [1.807, 2.05) is 0 Å². The molecule has 1 aliphatic rings. The summed E-state index contributed by atoms with van der Waals surface area (Å²) in [4.78, 5) is 0. The SMILES string of the molecule is OC1NC=[N+](O)C1O. The second kappa shape index (κ2) is 1.61. The van der Waals surface area contributed by atoms with Gasteiger partial charge >= 0.3 is 6.23 Å². The van der Waals surface area contributed by atoms with Crippen LogP contribution in [-0.2, 0) is 0 Å². The van der Waals surface area contributed by atoms with Crippen molar-refractivity contribution in [2.75, 3.05) is 0 Å². The maximum Gasteiger partial charge on any atom is 0.301 e. The van der Waals surface area contributed by atoms with E-state index in [2.05, 4.69) is 5.32 Å². The van der Waals surface area contributed by atoms with Crippen LogP contribution >= 0.6 is 0 Å². The van der Waals surface area contributed by atoms with Crippen LogP contribution in [0.5, 0.6) is 0 Å². The molecule has 46 valence electrons. The van der Waals surface area contributed by atoms with Gasteiger partial charge in [-0.05, 0) is 0 Å². The van der Waals surface area contributed by atoms with E-state index in [9.17, 15) is 0 Å². The predicted octanol–water partition coefficient (Wildman–Crippen LogP) is -2.34. The molecule has 5 heteroatoms. The van der Waals surface area contributed by atoms with E-state index in [0.29, 0.717) is 4.74 Å². The Labute approximate surface area is 45.5 Å². The summed E-state index contributed by atoms with van der Waals surface area (Å²) < 4.78 is 0.491. The summed E-state index contributed by atoms with van der Waals surface area (Å²) in [7, 11) is 0.